The number of likely N-dealkylation sites (tertiary alicyclic amines) is 2. The molecule has 5 atom stereocenters. The Morgan fingerprint density at radius 2 is 1.78 bits per heavy atom. The topological polar surface area (TPSA) is 179 Å². The lowest BCUT2D eigenvalue weighted by Crippen LogP contribution is -2.58. The number of nitrogens with two attached hydrogens (primary N) is 2. The van der Waals surface area contributed by atoms with Gasteiger partial charge in [-0.25, -0.2) is 4.79 Å². The fraction of sp³-hybridized carbons (Fsp3) is 0.810. The van der Waals surface area contributed by atoms with Gasteiger partial charge >= 0.3 is 5.97 Å². The van der Waals surface area contributed by atoms with E-state index in [0.29, 0.717) is 38.8 Å². The Morgan fingerprint density at radius 1 is 1.09 bits per heavy atom. The molecule has 2 rings (SSSR count). The Balaban J connectivity index is 2.10. The van der Waals surface area contributed by atoms with E-state index in [1.54, 1.807) is 13.8 Å². The number of aliphatic hydroxyl groups is 1. The lowest BCUT2D eigenvalue weighted by atomic mass is 10.0. The van der Waals surface area contributed by atoms with Crippen LogP contribution >= 0.6 is 0 Å². The summed E-state index contributed by atoms with van der Waals surface area (Å²) in [6, 6.07) is -3.58. The van der Waals surface area contributed by atoms with Gasteiger partial charge < -0.3 is 36.8 Å². The van der Waals surface area contributed by atoms with Gasteiger partial charge in [0.1, 0.15) is 18.1 Å². The first-order valence-electron chi connectivity index (χ1n) is 11.4. The minimum absolute atomic E-state index is 0.00495. The molecule has 2 heterocycles. The second kappa shape index (κ2) is 11.6. The van der Waals surface area contributed by atoms with E-state index < -0.39 is 54.0 Å². The number of carboxylic acids is 1. The summed E-state index contributed by atoms with van der Waals surface area (Å²) in [5, 5.41) is 22.2. The minimum Gasteiger partial charge on any atom is -0.480 e. The van der Waals surface area contributed by atoms with Crippen molar-refractivity contribution in [1.82, 2.24) is 15.1 Å². The molecule has 3 amide bonds. The number of β-amino-alcohol motifs (C(OH)–C–C–N with tert-alkyl or cyclic N) is 1. The highest BCUT2D eigenvalue weighted by atomic mass is 16.4. The monoisotopic (exact) mass is 455 g/mol. The highest BCUT2D eigenvalue weighted by molar-refractivity contribution is 5.94. The van der Waals surface area contributed by atoms with E-state index >= 15 is 0 Å². The normalized spacial score (nSPS) is 25.1. The van der Waals surface area contributed by atoms with Gasteiger partial charge in [0, 0.05) is 19.5 Å². The zero-order valence-electron chi connectivity index (χ0n) is 18.9. The predicted molar refractivity (Wildman–Crippen MR) is 116 cm³/mol. The predicted octanol–water partition coefficient (Wildman–Crippen LogP) is -1.38. The molecule has 0 spiro atoms. The molecule has 0 aromatic rings. The maximum Gasteiger partial charge on any atom is 0.326 e. The number of nitrogens with zero attached hydrogens (tertiary/aromatic N) is 2. The summed E-state index contributed by atoms with van der Waals surface area (Å²) in [7, 11) is 0. The average Bonchev–Trinajstić information content (AvgIpc) is 3.37. The highest BCUT2D eigenvalue weighted by Gasteiger charge is 2.43. The molecule has 2 aliphatic heterocycles. The molecule has 182 valence electrons. The standard InChI is InChI=1S/C21H37N5O6/c1-12(2)17(20(30)25-9-5-7-15(25)21(31)32)24-18(28)16-10-13(27)11-26(16)19(29)14(23)6-3-4-8-22/h12-17,27H,3-11,22-23H2,1-2H3,(H,24,28)(H,31,32)/t13-,14+,15+,16+,17+/m1/s1. The van der Waals surface area contributed by atoms with Crippen LogP contribution in [0.4, 0.5) is 0 Å². The summed E-state index contributed by atoms with van der Waals surface area (Å²) < 4.78 is 0. The number of carbonyl (C=O) groups excluding carboxylic acids is 3. The first-order valence-corrected chi connectivity index (χ1v) is 11.4. The summed E-state index contributed by atoms with van der Waals surface area (Å²) >= 11 is 0. The summed E-state index contributed by atoms with van der Waals surface area (Å²) in [5.41, 5.74) is 11.5. The van der Waals surface area contributed by atoms with Crippen molar-refractivity contribution in [1.29, 1.82) is 0 Å². The van der Waals surface area contributed by atoms with Crippen molar-refractivity contribution < 1.29 is 29.4 Å². The number of nitrogens with one attached hydrogen (secondary N) is 1. The lowest BCUT2D eigenvalue weighted by Gasteiger charge is -2.32. The van der Waals surface area contributed by atoms with Crippen molar-refractivity contribution >= 4 is 23.7 Å². The van der Waals surface area contributed by atoms with Gasteiger partial charge in [-0.1, -0.05) is 20.3 Å². The van der Waals surface area contributed by atoms with Crippen molar-refractivity contribution in [2.24, 2.45) is 17.4 Å². The molecule has 0 radical (unpaired) electrons. The van der Waals surface area contributed by atoms with Crippen LogP contribution in [0.15, 0.2) is 0 Å². The average molecular weight is 456 g/mol. The number of aliphatic carboxylic acids is 1. The van der Waals surface area contributed by atoms with Crippen molar-refractivity contribution in [3.05, 3.63) is 0 Å². The van der Waals surface area contributed by atoms with Gasteiger partial charge in [0.05, 0.1) is 12.1 Å². The van der Waals surface area contributed by atoms with Crippen LogP contribution in [0.3, 0.4) is 0 Å². The Bertz CT molecular complexity index is 702. The Hall–Kier alpha value is -2.24. The summed E-state index contributed by atoms with van der Waals surface area (Å²) in [6.07, 6.45) is 1.98. The molecule has 7 N–H and O–H groups in total. The molecular formula is C21H37N5O6. The molecule has 11 nitrogen and oxygen atoms in total. The van der Waals surface area contributed by atoms with Crippen LogP contribution in [0.1, 0.15) is 52.4 Å². The number of carbonyl (C=O) groups is 4. The summed E-state index contributed by atoms with van der Waals surface area (Å²) in [4.78, 5) is 53.0. The van der Waals surface area contributed by atoms with Crippen LogP contribution in [0.25, 0.3) is 0 Å². The molecule has 2 fully saturated rings. The SMILES string of the molecule is CC(C)[C@H](NC(=O)[C@@H]1C[C@@H](O)CN1C(=O)[C@@H](N)CCCCN)C(=O)N1CCC[C@H]1C(=O)O. The van der Waals surface area contributed by atoms with Crippen LogP contribution in [0.2, 0.25) is 0 Å². The highest BCUT2D eigenvalue weighted by Crippen LogP contribution is 2.23. The van der Waals surface area contributed by atoms with Gasteiger partial charge in [0.25, 0.3) is 0 Å². The van der Waals surface area contributed by atoms with Crippen molar-refractivity contribution in [3.63, 3.8) is 0 Å². The number of aliphatic hydroxyl groups excluding tert-OH is 1. The number of carboxylic acid groups (broad SMARTS) is 1. The third-order valence-electron chi connectivity index (χ3n) is 6.20. The molecule has 32 heavy (non-hydrogen) atoms. The number of rotatable bonds is 10. The molecule has 2 aliphatic rings. The van der Waals surface area contributed by atoms with E-state index in [0.717, 1.165) is 6.42 Å². The summed E-state index contributed by atoms with van der Waals surface area (Å²) in [6.45, 7) is 4.33. The molecule has 0 unspecified atom stereocenters. The van der Waals surface area contributed by atoms with Crippen molar-refractivity contribution in [3.8, 4) is 0 Å². The molecule has 0 saturated carbocycles. The van der Waals surface area contributed by atoms with E-state index in [1.807, 2.05) is 0 Å². The fourth-order valence-electron chi connectivity index (χ4n) is 4.38. The summed E-state index contributed by atoms with van der Waals surface area (Å²) in [5.74, 6) is -2.79. The van der Waals surface area contributed by atoms with Gasteiger partial charge in [0.2, 0.25) is 17.7 Å². The van der Waals surface area contributed by atoms with Crippen LogP contribution in [-0.4, -0.2) is 93.6 Å². The number of amides is 3. The Kier molecular flexibility index (Phi) is 9.41. The molecule has 0 aliphatic carbocycles. The Labute approximate surface area is 188 Å². The number of hydrogen-bond acceptors (Lipinski definition) is 7. The first-order chi connectivity index (χ1) is 15.1. The van der Waals surface area contributed by atoms with Gasteiger partial charge in [-0.3, -0.25) is 14.4 Å². The molecule has 0 aromatic carbocycles. The van der Waals surface area contributed by atoms with Crippen LogP contribution in [-0.2, 0) is 19.2 Å². The lowest BCUT2D eigenvalue weighted by molar-refractivity contribution is -0.150. The third-order valence-corrected chi connectivity index (χ3v) is 6.20. The molecule has 0 aromatic heterocycles. The largest absolute Gasteiger partial charge is 0.480 e. The second-order valence-electron chi connectivity index (χ2n) is 9.05. The zero-order chi connectivity index (χ0) is 24.0. The molecule has 2 saturated heterocycles. The Morgan fingerprint density at radius 3 is 2.38 bits per heavy atom. The number of hydrogen-bond donors (Lipinski definition) is 5. The van der Waals surface area contributed by atoms with Crippen molar-refractivity contribution in [2.45, 2.75) is 82.6 Å². The van der Waals surface area contributed by atoms with E-state index in [9.17, 15) is 29.4 Å². The van der Waals surface area contributed by atoms with Gasteiger partial charge in [-0.05, 0) is 38.1 Å². The van der Waals surface area contributed by atoms with Crippen molar-refractivity contribution in [2.75, 3.05) is 19.6 Å². The molecule has 0 bridgehead atoms. The number of unbranched alkanes of at least 4 members (excludes halogenated alkanes) is 1. The minimum atomic E-state index is -1.07. The van der Waals surface area contributed by atoms with E-state index in [-0.39, 0.29) is 18.9 Å². The first kappa shape index (κ1) is 26.0. The van der Waals surface area contributed by atoms with Gasteiger partial charge in [0.15, 0.2) is 0 Å². The van der Waals surface area contributed by atoms with Crippen LogP contribution < -0.4 is 16.8 Å². The fourth-order valence-corrected chi connectivity index (χ4v) is 4.38. The smallest absolute Gasteiger partial charge is 0.326 e. The maximum atomic E-state index is 13.1. The third kappa shape index (κ3) is 6.17. The van der Waals surface area contributed by atoms with Crippen LogP contribution in [0, 0.1) is 5.92 Å². The quantitative estimate of drug-likeness (QED) is 0.250. The van der Waals surface area contributed by atoms with Gasteiger partial charge in [-0.15, -0.1) is 0 Å². The van der Waals surface area contributed by atoms with Gasteiger partial charge in [-0.2, -0.15) is 0 Å². The second-order valence-corrected chi connectivity index (χ2v) is 9.05. The van der Waals surface area contributed by atoms with E-state index in [4.69, 9.17) is 11.5 Å². The van der Waals surface area contributed by atoms with E-state index in [1.165, 1.54) is 9.80 Å². The maximum absolute atomic E-state index is 13.1. The zero-order valence-corrected chi connectivity index (χ0v) is 18.9. The molecular weight excluding hydrogens is 418 g/mol. The van der Waals surface area contributed by atoms with E-state index in [2.05, 4.69) is 5.32 Å². The molecule has 11 heteroatoms. The van der Waals surface area contributed by atoms with Crippen LogP contribution in [0.5, 0.6) is 0 Å².